The first-order valence-electron chi connectivity index (χ1n) is 6.20. The van der Waals surface area contributed by atoms with Gasteiger partial charge in [0.15, 0.2) is 12.4 Å². The molecule has 0 aliphatic rings. The lowest BCUT2D eigenvalue weighted by molar-refractivity contribution is -0.385. The predicted molar refractivity (Wildman–Crippen MR) is 73.1 cm³/mol. The van der Waals surface area contributed by atoms with Gasteiger partial charge in [-0.1, -0.05) is 12.1 Å². The van der Waals surface area contributed by atoms with Crippen LogP contribution in [0.15, 0.2) is 24.3 Å². The van der Waals surface area contributed by atoms with Crippen LogP contribution in [-0.4, -0.2) is 46.0 Å². The first-order valence-corrected chi connectivity index (χ1v) is 6.20. The van der Waals surface area contributed by atoms with E-state index in [1.54, 1.807) is 19.9 Å². The Morgan fingerprint density at radius 3 is 2.52 bits per heavy atom. The number of ether oxygens (including phenoxy) is 1. The summed E-state index contributed by atoms with van der Waals surface area (Å²) >= 11 is 0. The second kappa shape index (κ2) is 7.22. The van der Waals surface area contributed by atoms with Crippen LogP contribution < -0.4 is 4.74 Å². The molecule has 21 heavy (non-hydrogen) atoms. The average molecular weight is 296 g/mol. The molecule has 1 amide bonds. The molecule has 0 heterocycles. The van der Waals surface area contributed by atoms with E-state index in [9.17, 15) is 19.7 Å². The van der Waals surface area contributed by atoms with Crippen LogP contribution in [0.5, 0.6) is 5.75 Å². The molecule has 1 aromatic carbocycles. The highest BCUT2D eigenvalue weighted by Crippen LogP contribution is 2.25. The standard InChI is InChI=1S/C13H16N2O6/c1-9(2)14(7-13(17)18)12(16)8-21-11-6-4-3-5-10(11)15(19)20/h3-6,9H,7-8H2,1-2H3,(H,17,18). The summed E-state index contributed by atoms with van der Waals surface area (Å²) in [5.41, 5.74) is -0.250. The minimum absolute atomic E-state index is 0.0325. The molecule has 0 fully saturated rings. The maximum absolute atomic E-state index is 11.9. The van der Waals surface area contributed by atoms with Crippen LogP contribution in [0.1, 0.15) is 13.8 Å². The van der Waals surface area contributed by atoms with Crippen LogP contribution in [0.25, 0.3) is 0 Å². The van der Waals surface area contributed by atoms with Crippen molar-refractivity contribution in [2.75, 3.05) is 13.2 Å². The Hall–Kier alpha value is -2.64. The highest BCUT2D eigenvalue weighted by molar-refractivity contribution is 5.82. The lowest BCUT2D eigenvalue weighted by Crippen LogP contribution is -2.43. The molecular weight excluding hydrogens is 280 g/mol. The number of benzene rings is 1. The normalized spacial score (nSPS) is 10.2. The summed E-state index contributed by atoms with van der Waals surface area (Å²) in [4.78, 5) is 34.0. The van der Waals surface area contributed by atoms with Gasteiger partial charge in [-0.3, -0.25) is 19.7 Å². The largest absolute Gasteiger partial charge is 0.480 e. The molecule has 0 unspecified atom stereocenters. The third kappa shape index (κ3) is 4.75. The molecule has 0 atom stereocenters. The molecule has 0 aromatic heterocycles. The molecule has 114 valence electrons. The number of hydrogen-bond acceptors (Lipinski definition) is 5. The number of carbonyl (C=O) groups excluding carboxylic acids is 1. The fourth-order valence-electron chi connectivity index (χ4n) is 1.66. The van der Waals surface area contributed by atoms with Gasteiger partial charge in [-0.05, 0) is 19.9 Å². The zero-order valence-electron chi connectivity index (χ0n) is 11.7. The lowest BCUT2D eigenvalue weighted by atomic mass is 10.3. The van der Waals surface area contributed by atoms with E-state index in [1.807, 2.05) is 0 Å². The van der Waals surface area contributed by atoms with Crippen molar-refractivity contribution in [2.24, 2.45) is 0 Å². The molecule has 0 spiro atoms. The predicted octanol–water partition coefficient (Wildman–Crippen LogP) is 1.30. The Bertz CT molecular complexity index is 543. The third-order valence-electron chi connectivity index (χ3n) is 2.66. The average Bonchev–Trinajstić information content (AvgIpc) is 2.41. The summed E-state index contributed by atoms with van der Waals surface area (Å²) in [5, 5.41) is 19.6. The fraction of sp³-hybridized carbons (Fsp3) is 0.385. The highest BCUT2D eigenvalue weighted by atomic mass is 16.6. The highest BCUT2D eigenvalue weighted by Gasteiger charge is 2.22. The van der Waals surface area contributed by atoms with Crippen LogP contribution in [0.4, 0.5) is 5.69 Å². The Morgan fingerprint density at radius 2 is 2.00 bits per heavy atom. The molecule has 0 bridgehead atoms. The number of aliphatic carboxylic acids is 1. The van der Waals surface area contributed by atoms with Crippen molar-refractivity contribution in [1.29, 1.82) is 0 Å². The zero-order chi connectivity index (χ0) is 16.0. The van der Waals surface area contributed by atoms with E-state index in [1.165, 1.54) is 18.2 Å². The number of carboxylic acids is 1. The first-order chi connectivity index (χ1) is 9.82. The fourth-order valence-corrected chi connectivity index (χ4v) is 1.66. The molecule has 0 aliphatic carbocycles. The van der Waals surface area contributed by atoms with Crippen molar-refractivity contribution in [3.63, 3.8) is 0 Å². The SMILES string of the molecule is CC(C)N(CC(=O)O)C(=O)COc1ccccc1[N+](=O)[O-]. The van der Waals surface area contributed by atoms with Crippen molar-refractivity contribution in [3.8, 4) is 5.75 Å². The number of hydrogen-bond donors (Lipinski definition) is 1. The molecule has 1 aromatic rings. The molecule has 8 nitrogen and oxygen atoms in total. The molecule has 0 radical (unpaired) electrons. The van der Waals surface area contributed by atoms with Gasteiger partial charge in [0.05, 0.1) is 4.92 Å². The molecule has 0 saturated carbocycles. The van der Waals surface area contributed by atoms with Gasteiger partial charge in [-0.25, -0.2) is 0 Å². The van der Waals surface area contributed by atoms with E-state index in [-0.39, 0.29) is 17.5 Å². The Morgan fingerprint density at radius 1 is 1.38 bits per heavy atom. The third-order valence-corrected chi connectivity index (χ3v) is 2.66. The number of nitro benzene ring substituents is 1. The maximum atomic E-state index is 11.9. The summed E-state index contributed by atoms with van der Waals surface area (Å²) in [6.45, 7) is 2.44. The zero-order valence-corrected chi connectivity index (χ0v) is 11.7. The Balaban J connectivity index is 2.76. The quantitative estimate of drug-likeness (QED) is 0.599. The van der Waals surface area contributed by atoms with Crippen molar-refractivity contribution in [1.82, 2.24) is 4.90 Å². The summed E-state index contributed by atoms with van der Waals surface area (Å²) in [6.07, 6.45) is 0. The Kier molecular flexibility index (Phi) is 5.65. The number of rotatable bonds is 7. The van der Waals surface area contributed by atoms with Gasteiger partial charge in [-0.15, -0.1) is 0 Å². The van der Waals surface area contributed by atoms with Gasteiger partial charge in [-0.2, -0.15) is 0 Å². The van der Waals surface area contributed by atoms with E-state index in [0.29, 0.717) is 0 Å². The van der Waals surface area contributed by atoms with Gasteiger partial charge in [0.25, 0.3) is 5.91 Å². The molecule has 8 heteroatoms. The number of amides is 1. The van der Waals surface area contributed by atoms with E-state index in [2.05, 4.69) is 0 Å². The summed E-state index contributed by atoms with van der Waals surface area (Å²) in [5.74, 6) is -1.72. The van der Waals surface area contributed by atoms with Crippen molar-refractivity contribution < 1.29 is 24.4 Å². The lowest BCUT2D eigenvalue weighted by Gasteiger charge is -2.24. The summed E-state index contributed by atoms with van der Waals surface area (Å²) < 4.78 is 5.15. The van der Waals surface area contributed by atoms with Gasteiger partial charge in [0.2, 0.25) is 0 Å². The molecule has 1 rings (SSSR count). The number of nitrogens with zero attached hydrogens (tertiary/aromatic N) is 2. The van der Waals surface area contributed by atoms with Crippen LogP contribution in [0.2, 0.25) is 0 Å². The van der Waals surface area contributed by atoms with Crippen molar-refractivity contribution in [3.05, 3.63) is 34.4 Å². The Labute approximate surface area is 121 Å². The van der Waals surface area contributed by atoms with Crippen LogP contribution in [0.3, 0.4) is 0 Å². The van der Waals surface area contributed by atoms with Crippen LogP contribution in [0, 0.1) is 10.1 Å². The molecular formula is C13H16N2O6. The first kappa shape index (κ1) is 16.4. The van der Waals surface area contributed by atoms with E-state index in [0.717, 1.165) is 4.90 Å². The van der Waals surface area contributed by atoms with E-state index >= 15 is 0 Å². The number of nitro groups is 1. The van der Waals surface area contributed by atoms with E-state index in [4.69, 9.17) is 9.84 Å². The van der Waals surface area contributed by atoms with Gasteiger partial charge in [0, 0.05) is 12.1 Å². The second-order valence-corrected chi connectivity index (χ2v) is 4.52. The molecule has 1 N–H and O–H groups in total. The summed E-state index contributed by atoms with van der Waals surface area (Å²) in [7, 11) is 0. The second-order valence-electron chi connectivity index (χ2n) is 4.52. The topological polar surface area (TPSA) is 110 Å². The number of carbonyl (C=O) groups is 2. The van der Waals surface area contributed by atoms with Gasteiger partial charge < -0.3 is 14.7 Å². The molecule has 0 saturated heterocycles. The monoisotopic (exact) mass is 296 g/mol. The summed E-state index contributed by atoms with van der Waals surface area (Å²) in [6, 6.07) is 5.35. The van der Waals surface area contributed by atoms with Crippen LogP contribution in [-0.2, 0) is 9.59 Å². The van der Waals surface area contributed by atoms with Gasteiger partial charge in [0.1, 0.15) is 6.54 Å². The number of carboxylic acid groups (broad SMARTS) is 1. The minimum Gasteiger partial charge on any atom is -0.480 e. The minimum atomic E-state index is -1.14. The van der Waals surface area contributed by atoms with Gasteiger partial charge >= 0.3 is 11.7 Å². The van der Waals surface area contributed by atoms with E-state index < -0.39 is 30.0 Å². The van der Waals surface area contributed by atoms with Crippen molar-refractivity contribution in [2.45, 2.75) is 19.9 Å². The van der Waals surface area contributed by atoms with Crippen molar-refractivity contribution >= 4 is 17.6 Å². The molecule has 0 aliphatic heterocycles. The number of para-hydroxylation sites is 2. The smallest absolute Gasteiger partial charge is 0.323 e. The maximum Gasteiger partial charge on any atom is 0.323 e. The van der Waals surface area contributed by atoms with Crippen LogP contribution >= 0.6 is 0 Å².